The number of aromatic nitrogens is 1. The van der Waals surface area contributed by atoms with Gasteiger partial charge in [0.05, 0.1) is 24.6 Å². The number of hydrogen-bond donors (Lipinski definition) is 1. The highest BCUT2D eigenvalue weighted by Gasteiger charge is 2.23. The summed E-state index contributed by atoms with van der Waals surface area (Å²) in [5.74, 6) is 1.25. The van der Waals surface area contributed by atoms with Crippen LogP contribution in [0.5, 0.6) is 5.75 Å². The third-order valence-corrected chi connectivity index (χ3v) is 7.41. The molecule has 1 aromatic heterocycles. The number of methoxy groups -OCH3 is 1. The molecule has 1 fully saturated rings. The quantitative estimate of drug-likeness (QED) is 0.305. The summed E-state index contributed by atoms with van der Waals surface area (Å²) < 4.78 is 11.1. The maximum Gasteiger partial charge on any atom is 0.254 e. The number of anilines is 4. The van der Waals surface area contributed by atoms with Crippen LogP contribution in [0.4, 0.5) is 22.9 Å². The molecule has 0 unspecified atom stereocenters. The number of ether oxygens (including phenoxy) is 2. The number of Topliss-reactive ketones (excluding diaryl/α,β-unsaturated/α-hetero) is 1. The first-order valence-electron chi connectivity index (χ1n) is 14.2. The average molecular weight is 560 g/mol. The van der Waals surface area contributed by atoms with Crippen LogP contribution < -0.4 is 15.0 Å². The Morgan fingerprint density at radius 1 is 1.02 bits per heavy atom. The van der Waals surface area contributed by atoms with E-state index in [1.54, 1.807) is 14.0 Å². The highest BCUT2D eigenvalue weighted by molar-refractivity contribution is 6.00. The highest BCUT2D eigenvalue weighted by atomic mass is 16.5. The van der Waals surface area contributed by atoms with E-state index >= 15 is 0 Å². The number of carbonyl (C=O) groups excluding carboxylic acids is 2. The van der Waals surface area contributed by atoms with Crippen LogP contribution >= 0.6 is 0 Å². The zero-order valence-electron chi connectivity index (χ0n) is 24.8. The molecule has 0 bridgehead atoms. The smallest absolute Gasteiger partial charge is 0.254 e. The SMILES string of the molecule is CCOc1cc(C(=O)N2CCN(CCOC)CC2)ccc1Nc1cc(N(C)c2ccccc2C(C)=O)c(CC)cn1. The van der Waals surface area contributed by atoms with Gasteiger partial charge in [0.1, 0.15) is 11.6 Å². The molecule has 0 aliphatic carbocycles. The second-order valence-corrected chi connectivity index (χ2v) is 10.1. The molecule has 218 valence electrons. The van der Waals surface area contributed by atoms with E-state index in [1.165, 1.54) is 0 Å². The topological polar surface area (TPSA) is 87.2 Å². The van der Waals surface area contributed by atoms with Crippen molar-refractivity contribution in [1.82, 2.24) is 14.8 Å². The molecule has 41 heavy (non-hydrogen) atoms. The summed E-state index contributed by atoms with van der Waals surface area (Å²) in [4.78, 5) is 36.5. The minimum atomic E-state index is 0.00219. The van der Waals surface area contributed by atoms with Crippen molar-refractivity contribution in [3.63, 3.8) is 0 Å². The zero-order chi connectivity index (χ0) is 29.4. The van der Waals surface area contributed by atoms with E-state index in [4.69, 9.17) is 9.47 Å². The van der Waals surface area contributed by atoms with E-state index in [0.717, 1.165) is 48.7 Å². The normalized spacial score (nSPS) is 13.6. The van der Waals surface area contributed by atoms with Crippen LogP contribution in [-0.4, -0.2) is 86.6 Å². The van der Waals surface area contributed by atoms with Gasteiger partial charge in [0, 0.05) is 76.0 Å². The Balaban J connectivity index is 1.55. The molecule has 1 saturated heterocycles. The van der Waals surface area contributed by atoms with Crippen molar-refractivity contribution in [1.29, 1.82) is 0 Å². The second kappa shape index (κ2) is 14.1. The number of carbonyl (C=O) groups is 2. The summed E-state index contributed by atoms with van der Waals surface area (Å²) in [6.45, 7) is 10.7. The van der Waals surface area contributed by atoms with Gasteiger partial charge in [0.15, 0.2) is 5.78 Å². The number of rotatable bonds is 12. The van der Waals surface area contributed by atoms with Crippen molar-refractivity contribution in [2.75, 3.05) is 70.3 Å². The second-order valence-electron chi connectivity index (χ2n) is 10.1. The van der Waals surface area contributed by atoms with E-state index in [0.29, 0.717) is 49.0 Å². The number of ketones is 1. The fourth-order valence-electron chi connectivity index (χ4n) is 5.07. The van der Waals surface area contributed by atoms with Gasteiger partial charge < -0.3 is 24.6 Å². The summed E-state index contributed by atoms with van der Waals surface area (Å²) in [7, 11) is 3.67. The monoisotopic (exact) mass is 559 g/mol. The van der Waals surface area contributed by atoms with Gasteiger partial charge in [-0.2, -0.15) is 0 Å². The minimum Gasteiger partial charge on any atom is -0.492 e. The molecule has 9 nitrogen and oxygen atoms in total. The molecule has 0 radical (unpaired) electrons. The Labute approximate surface area is 243 Å². The molecule has 3 aromatic rings. The molecule has 1 aliphatic heterocycles. The first kappa shape index (κ1) is 30.0. The van der Waals surface area contributed by atoms with Gasteiger partial charge in [-0.15, -0.1) is 0 Å². The van der Waals surface area contributed by atoms with Crippen molar-refractivity contribution in [3.05, 3.63) is 71.4 Å². The Morgan fingerprint density at radius 2 is 1.78 bits per heavy atom. The average Bonchev–Trinajstić information content (AvgIpc) is 3.00. The lowest BCUT2D eigenvalue weighted by molar-refractivity contribution is 0.0593. The number of benzene rings is 2. The zero-order valence-corrected chi connectivity index (χ0v) is 24.8. The number of para-hydroxylation sites is 1. The molecule has 9 heteroatoms. The number of nitrogens with one attached hydrogen (secondary N) is 1. The Kier molecular flexibility index (Phi) is 10.3. The Morgan fingerprint density at radius 3 is 2.46 bits per heavy atom. The van der Waals surface area contributed by atoms with Gasteiger partial charge in [-0.25, -0.2) is 4.98 Å². The van der Waals surface area contributed by atoms with Crippen molar-refractivity contribution < 1.29 is 19.1 Å². The van der Waals surface area contributed by atoms with Crippen LogP contribution in [0.15, 0.2) is 54.7 Å². The third kappa shape index (κ3) is 7.23. The number of hydrogen-bond acceptors (Lipinski definition) is 8. The van der Waals surface area contributed by atoms with Gasteiger partial charge in [-0.1, -0.05) is 19.1 Å². The van der Waals surface area contributed by atoms with Gasteiger partial charge in [0.25, 0.3) is 5.91 Å². The van der Waals surface area contributed by atoms with Gasteiger partial charge in [-0.3, -0.25) is 14.5 Å². The predicted octanol–water partition coefficient (Wildman–Crippen LogP) is 5.16. The van der Waals surface area contributed by atoms with Gasteiger partial charge in [-0.05, 0) is 56.2 Å². The van der Waals surface area contributed by atoms with Crippen molar-refractivity contribution in [3.8, 4) is 5.75 Å². The number of pyridine rings is 1. The lowest BCUT2D eigenvalue weighted by Crippen LogP contribution is -2.49. The number of nitrogens with zero attached hydrogens (tertiary/aromatic N) is 4. The molecular weight excluding hydrogens is 518 g/mol. The standard InChI is InChI=1S/C32H41N5O4/c1-6-24-22-33-31(21-29(24)35(4)28-11-9-8-10-26(28)23(3)38)34-27-13-12-25(20-30(27)41-7-2)32(39)37-16-14-36(15-17-37)18-19-40-5/h8-13,20-22H,6-7,14-19H2,1-5H3,(H,33,34). The summed E-state index contributed by atoms with van der Waals surface area (Å²) >= 11 is 0. The Hall–Kier alpha value is -3.95. The first-order valence-corrected chi connectivity index (χ1v) is 14.2. The minimum absolute atomic E-state index is 0.00219. The number of amides is 1. The molecule has 2 aromatic carbocycles. The van der Waals surface area contributed by atoms with E-state index in [-0.39, 0.29) is 11.7 Å². The number of aryl methyl sites for hydroxylation is 1. The fraction of sp³-hybridized carbons (Fsp3) is 0.406. The Bertz CT molecular complexity index is 1350. The molecule has 0 atom stereocenters. The molecule has 1 amide bonds. The molecule has 1 aliphatic rings. The van der Waals surface area contributed by atoms with Crippen LogP contribution in [-0.2, 0) is 11.2 Å². The van der Waals surface area contributed by atoms with Crippen LogP contribution in [0, 0.1) is 0 Å². The van der Waals surface area contributed by atoms with Crippen molar-refractivity contribution in [2.24, 2.45) is 0 Å². The molecule has 1 N–H and O–H groups in total. The summed E-state index contributed by atoms with van der Waals surface area (Å²) in [6, 6.07) is 15.1. The lowest BCUT2D eigenvalue weighted by atomic mass is 10.1. The van der Waals surface area contributed by atoms with Gasteiger partial charge in [0.2, 0.25) is 0 Å². The maximum atomic E-state index is 13.3. The van der Waals surface area contributed by atoms with E-state index in [2.05, 4.69) is 22.1 Å². The molecule has 4 rings (SSSR count). The summed E-state index contributed by atoms with van der Waals surface area (Å²) in [6.07, 6.45) is 2.64. The largest absolute Gasteiger partial charge is 0.492 e. The van der Waals surface area contributed by atoms with E-state index in [9.17, 15) is 9.59 Å². The molecule has 0 saturated carbocycles. The van der Waals surface area contributed by atoms with Crippen LogP contribution in [0.2, 0.25) is 0 Å². The van der Waals surface area contributed by atoms with Crippen LogP contribution in [0.1, 0.15) is 47.1 Å². The van der Waals surface area contributed by atoms with Crippen molar-refractivity contribution in [2.45, 2.75) is 27.2 Å². The molecule has 0 spiro atoms. The number of piperazine rings is 1. The third-order valence-electron chi connectivity index (χ3n) is 7.41. The summed E-state index contributed by atoms with van der Waals surface area (Å²) in [5.41, 5.74) is 4.84. The molecular formula is C32H41N5O4. The summed E-state index contributed by atoms with van der Waals surface area (Å²) in [5, 5.41) is 3.39. The lowest BCUT2D eigenvalue weighted by Gasteiger charge is -2.34. The van der Waals surface area contributed by atoms with E-state index in [1.807, 2.05) is 78.5 Å². The van der Waals surface area contributed by atoms with E-state index < -0.39 is 0 Å². The van der Waals surface area contributed by atoms with Crippen LogP contribution in [0.3, 0.4) is 0 Å². The maximum absolute atomic E-state index is 13.3. The van der Waals surface area contributed by atoms with Crippen molar-refractivity contribution >= 4 is 34.6 Å². The highest BCUT2D eigenvalue weighted by Crippen LogP contribution is 2.34. The molecule has 2 heterocycles. The first-order chi connectivity index (χ1) is 19.9. The van der Waals surface area contributed by atoms with Gasteiger partial charge >= 0.3 is 0 Å². The van der Waals surface area contributed by atoms with Crippen LogP contribution in [0.25, 0.3) is 0 Å². The fourth-order valence-corrected chi connectivity index (χ4v) is 5.07. The predicted molar refractivity (Wildman–Crippen MR) is 163 cm³/mol.